The van der Waals surface area contributed by atoms with Crippen molar-refractivity contribution in [3.05, 3.63) is 11.6 Å². The lowest BCUT2D eigenvalue weighted by Crippen LogP contribution is -2.25. The first-order valence-electron chi connectivity index (χ1n) is 4.07. The van der Waals surface area contributed by atoms with Crippen molar-refractivity contribution in [3.8, 4) is 0 Å². The van der Waals surface area contributed by atoms with Gasteiger partial charge in [-0.25, -0.2) is 0 Å². The van der Waals surface area contributed by atoms with E-state index in [1.807, 2.05) is 0 Å². The number of rotatable bonds is 1. The van der Waals surface area contributed by atoms with Crippen molar-refractivity contribution >= 4 is 0 Å². The second-order valence-corrected chi connectivity index (χ2v) is 3.24. The highest BCUT2D eigenvalue weighted by Crippen LogP contribution is 2.27. The molecule has 0 heterocycles. The third kappa shape index (κ3) is 1.40. The lowest BCUT2D eigenvalue weighted by Gasteiger charge is -2.20. The maximum absolute atomic E-state index is 2.32. The van der Waals surface area contributed by atoms with E-state index in [9.17, 15) is 0 Å². The summed E-state index contributed by atoms with van der Waals surface area (Å²) >= 11 is 0. The van der Waals surface area contributed by atoms with Gasteiger partial charge in [0.2, 0.25) is 0 Å². The Morgan fingerprint density at radius 1 is 1.50 bits per heavy atom. The molecule has 0 radical (unpaired) electrons. The second-order valence-electron chi connectivity index (χ2n) is 3.24. The first kappa shape index (κ1) is 7.80. The van der Waals surface area contributed by atoms with Crippen LogP contribution in [0.4, 0.5) is 0 Å². The van der Waals surface area contributed by atoms with Gasteiger partial charge in [0, 0.05) is 6.04 Å². The molecule has 0 aromatic carbocycles. The third-order valence-electron chi connectivity index (χ3n) is 2.37. The van der Waals surface area contributed by atoms with E-state index in [2.05, 4.69) is 32.0 Å². The molecule has 0 bridgehead atoms. The molecule has 1 fully saturated rings. The molecule has 1 nitrogen and oxygen atoms in total. The van der Waals surface area contributed by atoms with Gasteiger partial charge in [-0.3, -0.25) is 0 Å². The maximum atomic E-state index is 2.32. The highest BCUT2D eigenvalue weighted by molar-refractivity contribution is 5.14. The first-order valence-corrected chi connectivity index (χ1v) is 4.07. The average molecular weight is 139 g/mol. The van der Waals surface area contributed by atoms with E-state index in [1.165, 1.54) is 19.3 Å². The van der Waals surface area contributed by atoms with E-state index in [0.29, 0.717) is 0 Å². The zero-order valence-electron chi connectivity index (χ0n) is 7.22. The van der Waals surface area contributed by atoms with E-state index in [4.69, 9.17) is 0 Å². The van der Waals surface area contributed by atoms with Crippen molar-refractivity contribution in [3.63, 3.8) is 0 Å². The van der Waals surface area contributed by atoms with E-state index in [0.717, 1.165) is 6.04 Å². The first-order chi connectivity index (χ1) is 4.75. The molecule has 1 atom stereocenters. The Bertz CT molecular complexity index is 136. The summed E-state index contributed by atoms with van der Waals surface area (Å²) in [6.07, 6.45) is 6.33. The molecule has 0 amide bonds. The van der Waals surface area contributed by atoms with Crippen LogP contribution in [-0.2, 0) is 0 Å². The number of likely N-dealkylation sites (N-methyl/N-ethyl adjacent to an activating group) is 1. The fourth-order valence-electron chi connectivity index (χ4n) is 1.78. The van der Waals surface area contributed by atoms with Gasteiger partial charge in [0.05, 0.1) is 0 Å². The molecule has 1 aliphatic carbocycles. The smallest absolute Gasteiger partial charge is 0.0301 e. The molecule has 1 saturated carbocycles. The van der Waals surface area contributed by atoms with Gasteiger partial charge in [0.15, 0.2) is 0 Å². The van der Waals surface area contributed by atoms with E-state index >= 15 is 0 Å². The number of hydrogen-bond donors (Lipinski definition) is 0. The summed E-state index contributed by atoms with van der Waals surface area (Å²) in [7, 11) is 4.33. The van der Waals surface area contributed by atoms with Crippen LogP contribution in [-0.4, -0.2) is 25.0 Å². The Balaban J connectivity index is 2.59. The van der Waals surface area contributed by atoms with Crippen LogP contribution in [0, 0.1) is 0 Å². The standard InChI is InChI=1S/C9H17N/c1-4-8-6-5-7-9(8)10(2)3/h4,9H,5-7H2,1-3H3/b8-4+. The normalized spacial score (nSPS) is 30.4. The minimum absolute atomic E-state index is 0.741. The van der Waals surface area contributed by atoms with Gasteiger partial charge >= 0.3 is 0 Å². The largest absolute Gasteiger partial charge is 0.303 e. The van der Waals surface area contributed by atoms with Crippen molar-refractivity contribution in [2.24, 2.45) is 0 Å². The quantitative estimate of drug-likeness (QED) is 0.502. The number of allylic oxidation sites excluding steroid dienone is 1. The number of nitrogens with zero attached hydrogens (tertiary/aromatic N) is 1. The van der Waals surface area contributed by atoms with Crippen LogP contribution in [0.5, 0.6) is 0 Å². The van der Waals surface area contributed by atoms with Gasteiger partial charge in [-0.15, -0.1) is 0 Å². The molecule has 1 heteroatoms. The predicted octanol–water partition coefficient (Wildman–Crippen LogP) is 2.05. The molecule has 1 rings (SSSR count). The monoisotopic (exact) mass is 139 g/mol. The molecule has 0 spiro atoms. The molecule has 10 heavy (non-hydrogen) atoms. The summed E-state index contributed by atoms with van der Waals surface area (Å²) in [5, 5.41) is 0. The molecule has 0 aromatic heterocycles. The third-order valence-corrected chi connectivity index (χ3v) is 2.37. The van der Waals surface area contributed by atoms with Gasteiger partial charge in [-0.1, -0.05) is 11.6 Å². The van der Waals surface area contributed by atoms with Gasteiger partial charge in [-0.2, -0.15) is 0 Å². The molecule has 0 aromatic rings. The van der Waals surface area contributed by atoms with Crippen molar-refractivity contribution in [2.45, 2.75) is 32.2 Å². The minimum atomic E-state index is 0.741. The van der Waals surface area contributed by atoms with Gasteiger partial charge < -0.3 is 4.90 Å². The molecular weight excluding hydrogens is 122 g/mol. The van der Waals surface area contributed by atoms with E-state index in [1.54, 1.807) is 5.57 Å². The van der Waals surface area contributed by atoms with Gasteiger partial charge in [0.1, 0.15) is 0 Å². The Morgan fingerprint density at radius 2 is 2.20 bits per heavy atom. The molecule has 0 N–H and O–H groups in total. The van der Waals surface area contributed by atoms with E-state index in [-0.39, 0.29) is 0 Å². The van der Waals surface area contributed by atoms with Crippen LogP contribution in [0.25, 0.3) is 0 Å². The molecule has 0 saturated heterocycles. The molecule has 1 aliphatic rings. The predicted molar refractivity (Wildman–Crippen MR) is 45.1 cm³/mol. The van der Waals surface area contributed by atoms with Crippen LogP contribution in [0.15, 0.2) is 11.6 Å². The van der Waals surface area contributed by atoms with Gasteiger partial charge in [-0.05, 0) is 40.3 Å². The second kappa shape index (κ2) is 3.20. The SMILES string of the molecule is C/C=C1\CCCC1N(C)C. The van der Waals surface area contributed by atoms with Crippen LogP contribution in [0.1, 0.15) is 26.2 Å². The average Bonchev–Trinajstić information content (AvgIpc) is 2.33. The van der Waals surface area contributed by atoms with Crippen molar-refractivity contribution in [1.82, 2.24) is 4.90 Å². The maximum Gasteiger partial charge on any atom is 0.0301 e. The topological polar surface area (TPSA) is 3.24 Å². The highest BCUT2D eigenvalue weighted by Gasteiger charge is 2.21. The summed E-state index contributed by atoms with van der Waals surface area (Å²) in [5.74, 6) is 0. The molecule has 0 aliphatic heterocycles. The van der Waals surface area contributed by atoms with Crippen molar-refractivity contribution < 1.29 is 0 Å². The van der Waals surface area contributed by atoms with Crippen LogP contribution in [0.3, 0.4) is 0 Å². The highest BCUT2D eigenvalue weighted by atomic mass is 15.1. The van der Waals surface area contributed by atoms with Crippen LogP contribution >= 0.6 is 0 Å². The van der Waals surface area contributed by atoms with Gasteiger partial charge in [0.25, 0.3) is 0 Å². The minimum Gasteiger partial charge on any atom is -0.303 e. The summed E-state index contributed by atoms with van der Waals surface area (Å²) in [6.45, 7) is 2.15. The van der Waals surface area contributed by atoms with Crippen LogP contribution < -0.4 is 0 Å². The van der Waals surface area contributed by atoms with Crippen molar-refractivity contribution in [1.29, 1.82) is 0 Å². The summed E-state index contributed by atoms with van der Waals surface area (Å²) in [5.41, 5.74) is 1.63. The Kier molecular flexibility index (Phi) is 2.50. The van der Waals surface area contributed by atoms with E-state index < -0.39 is 0 Å². The fraction of sp³-hybridized carbons (Fsp3) is 0.778. The Labute approximate surface area is 63.7 Å². The summed E-state index contributed by atoms with van der Waals surface area (Å²) in [6, 6.07) is 0.741. The number of hydrogen-bond acceptors (Lipinski definition) is 1. The molecule has 58 valence electrons. The molecular formula is C9H17N. The van der Waals surface area contributed by atoms with Crippen LogP contribution in [0.2, 0.25) is 0 Å². The lowest BCUT2D eigenvalue weighted by atomic mass is 10.1. The summed E-state index contributed by atoms with van der Waals surface area (Å²) in [4.78, 5) is 2.32. The zero-order valence-corrected chi connectivity index (χ0v) is 7.22. The van der Waals surface area contributed by atoms with Crippen molar-refractivity contribution in [2.75, 3.05) is 14.1 Å². The Hall–Kier alpha value is -0.300. The zero-order chi connectivity index (χ0) is 7.56. The molecule has 1 unspecified atom stereocenters. The summed E-state index contributed by atoms with van der Waals surface area (Å²) < 4.78 is 0. The lowest BCUT2D eigenvalue weighted by molar-refractivity contribution is 0.335. The fourth-order valence-corrected chi connectivity index (χ4v) is 1.78. The Morgan fingerprint density at radius 3 is 2.60 bits per heavy atom.